The lowest BCUT2D eigenvalue weighted by Crippen LogP contribution is -2.44. The van der Waals surface area contributed by atoms with Gasteiger partial charge >= 0.3 is 12.2 Å². The van der Waals surface area contributed by atoms with Crippen molar-refractivity contribution < 1.29 is 28.6 Å². The third-order valence-electron chi connectivity index (χ3n) is 2.32. The van der Waals surface area contributed by atoms with Crippen molar-refractivity contribution in [3.63, 3.8) is 0 Å². The number of hydrogen-bond acceptors (Lipinski definition) is 7. The summed E-state index contributed by atoms with van der Waals surface area (Å²) in [6.45, 7) is 12.2. The van der Waals surface area contributed by atoms with Crippen LogP contribution in [0, 0.1) is 0 Å². The highest BCUT2D eigenvalue weighted by Crippen LogP contribution is 2.14. The smallest absolute Gasteiger partial charge is 0.442 e. The molecule has 0 aromatic rings. The molecule has 0 fully saturated rings. The molecule has 8 heteroatoms. The molecule has 0 saturated carbocycles. The van der Waals surface area contributed by atoms with Gasteiger partial charge in [-0.25, -0.2) is 9.59 Å². The van der Waals surface area contributed by atoms with Gasteiger partial charge in [0.2, 0.25) is 0 Å². The van der Waals surface area contributed by atoms with Gasteiger partial charge in [0.15, 0.2) is 0 Å². The van der Waals surface area contributed by atoms with Gasteiger partial charge in [0.05, 0.1) is 6.61 Å². The van der Waals surface area contributed by atoms with Gasteiger partial charge in [0.25, 0.3) is 0 Å². The minimum atomic E-state index is -0.906. The van der Waals surface area contributed by atoms with Crippen LogP contribution in [0.15, 0.2) is 0 Å². The van der Waals surface area contributed by atoms with Crippen molar-refractivity contribution in [3.8, 4) is 0 Å². The first-order chi connectivity index (χ1) is 11.0. The molecule has 8 nitrogen and oxygen atoms in total. The predicted octanol–water partition coefficient (Wildman–Crippen LogP) is 2.72. The molecule has 0 aromatic carbocycles. The number of rotatable bonds is 8. The number of ether oxygens (including phenoxy) is 3. The van der Waals surface area contributed by atoms with Crippen molar-refractivity contribution in [2.45, 2.75) is 59.2 Å². The lowest BCUT2D eigenvalue weighted by molar-refractivity contribution is -0.137. The molecule has 0 atom stereocenters. The van der Waals surface area contributed by atoms with Crippen LogP contribution in [0.3, 0.4) is 0 Å². The summed E-state index contributed by atoms with van der Waals surface area (Å²) in [6, 6.07) is 0. The molecular formula is C16H32N2O6. The number of hydrogen-bond donors (Lipinski definition) is 1. The summed E-state index contributed by atoms with van der Waals surface area (Å²) in [4.78, 5) is 29.5. The van der Waals surface area contributed by atoms with E-state index in [0.717, 1.165) is 13.0 Å². The van der Waals surface area contributed by atoms with Crippen molar-refractivity contribution in [2.75, 3.05) is 33.4 Å². The van der Waals surface area contributed by atoms with Gasteiger partial charge in [-0.15, -0.1) is 0 Å². The zero-order valence-corrected chi connectivity index (χ0v) is 15.9. The van der Waals surface area contributed by atoms with E-state index in [9.17, 15) is 9.59 Å². The zero-order valence-electron chi connectivity index (χ0n) is 15.9. The number of carbonyl (C=O) groups is 2. The molecule has 0 spiro atoms. The van der Waals surface area contributed by atoms with Crippen LogP contribution in [0.5, 0.6) is 0 Å². The van der Waals surface area contributed by atoms with Crippen molar-refractivity contribution in [1.82, 2.24) is 10.4 Å². The van der Waals surface area contributed by atoms with E-state index < -0.39 is 23.4 Å². The molecule has 0 aliphatic rings. The summed E-state index contributed by atoms with van der Waals surface area (Å²) in [6.07, 6.45) is -0.953. The highest BCUT2D eigenvalue weighted by Gasteiger charge is 2.32. The molecular weight excluding hydrogens is 316 g/mol. The molecule has 0 aliphatic carbocycles. The summed E-state index contributed by atoms with van der Waals surface area (Å²) in [5.41, 5.74) is -1.50. The summed E-state index contributed by atoms with van der Waals surface area (Å²) >= 11 is 0. The zero-order chi connectivity index (χ0) is 18.8. The molecule has 0 saturated heterocycles. The van der Waals surface area contributed by atoms with Crippen LogP contribution in [0.2, 0.25) is 0 Å². The lowest BCUT2D eigenvalue weighted by Gasteiger charge is -2.27. The fourth-order valence-corrected chi connectivity index (χ4v) is 1.46. The summed E-state index contributed by atoms with van der Waals surface area (Å²) in [7, 11) is 1.64. The van der Waals surface area contributed by atoms with Crippen LogP contribution in [0.25, 0.3) is 0 Å². The second kappa shape index (κ2) is 10.5. The quantitative estimate of drug-likeness (QED) is 0.533. The highest BCUT2D eigenvalue weighted by molar-refractivity contribution is 5.86. The molecule has 0 rings (SSSR count). The van der Waals surface area contributed by atoms with Gasteiger partial charge in [-0.2, -0.15) is 0 Å². The van der Waals surface area contributed by atoms with E-state index in [1.807, 2.05) is 0 Å². The first-order valence-corrected chi connectivity index (χ1v) is 8.05. The van der Waals surface area contributed by atoms with Gasteiger partial charge in [-0.1, -0.05) is 5.06 Å². The first kappa shape index (κ1) is 22.6. The normalized spacial score (nSPS) is 12.0. The maximum Gasteiger partial charge on any atom is 0.444 e. The van der Waals surface area contributed by atoms with Gasteiger partial charge in [0.1, 0.15) is 11.2 Å². The van der Waals surface area contributed by atoms with E-state index >= 15 is 0 Å². The number of hydroxylamine groups is 2. The van der Waals surface area contributed by atoms with E-state index in [1.165, 1.54) is 0 Å². The Balaban J connectivity index is 4.53. The molecule has 142 valence electrons. The summed E-state index contributed by atoms with van der Waals surface area (Å²) in [5.74, 6) is 0. The fraction of sp³-hybridized carbons (Fsp3) is 0.875. The number of nitrogens with one attached hydrogen (secondary N) is 1. The average molecular weight is 348 g/mol. The predicted molar refractivity (Wildman–Crippen MR) is 89.6 cm³/mol. The number of imide groups is 1. The third-order valence-corrected chi connectivity index (χ3v) is 2.32. The SMILES string of the molecule is COCCCNCCON(C(=O)OC(C)(C)C)C(=O)OC(C)(C)C. The average Bonchev–Trinajstić information content (AvgIpc) is 2.37. The van der Waals surface area contributed by atoms with Gasteiger partial charge in [-0.05, 0) is 54.5 Å². The molecule has 0 aromatic heterocycles. The molecule has 0 unspecified atom stereocenters. The van der Waals surface area contributed by atoms with E-state index in [-0.39, 0.29) is 6.61 Å². The van der Waals surface area contributed by atoms with E-state index in [2.05, 4.69) is 5.32 Å². The number of nitrogens with zero attached hydrogens (tertiary/aromatic N) is 1. The molecule has 0 aliphatic heterocycles. The Morgan fingerprint density at radius 3 is 1.79 bits per heavy atom. The topological polar surface area (TPSA) is 86.3 Å². The molecule has 24 heavy (non-hydrogen) atoms. The number of carbonyl (C=O) groups excluding carboxylic acids is 2. The molecule has 1 N–H and O–H groups in total. The largest absolute Gasteiger partial charge is 0.444 e. The van der Waals surface area contributed by atoms with E-state index in [1.54, 1.807) is 48.7 Å². The Morgan fingerprint density at radius 1 is 0.875 bits per heavy atom. The second-order valence-corrected chi connectivity index (χ2v) is 7.18. The minimum absolute atomic E-state index is 0.117. The van der Waals surface area contributed by atoms with Crippen molar-refractivity contribution >= 4 is 12.2 Å². The van der Waals surface area contributed by atoms with Crippen LogP contribution in [-0.4, -0.2) is 61.9 Å². The second-order valence-electron chi connectivity index (χ2n) is 7.18. The Bertz CT molecular complexity index is 359. The minimum Gasteiger partial charge on any atom is -0.442 e. The lowest BCUT2D eigenvalue weighted by atomic mass is 10.2. The summed E-state index contributed by atoms with van der Waals surface area (Å²) < 4.78 is 15.3. The molecule has 0 bridgehead atoms. The van der Waals surface area contributed by atoms with Crippen molar-refractivity contribution in [3.05, 3.63) is 0 Å². The molecule has 0 radical (unpaired) electrons. The van der Waals surface area contributed by atoms with Gasteiger partial charge < -0.3 is 19.5 Å². The Kier molecular flexibility index (Phi) is 9.88. The van der Waals surface area contributed by atoms with E-state index in [4.69, 9.17) is 19.0 Å². The van der Waals surface area contributed by atoms with Crippen molar-refractivity contribution in [1.29, 1.82) is 0 Å². The Hall–Kier alpha value is -1.38. The van der Waals surface area contributed by atoms with Crippen molar-refractivity contribution in [2.24, 2.45) is 0 Å². The van der Waals surface area contributed by atoms with E-state index in [0.29, 0.717) is 18.2 Å². The van der Waals surface area contributed by atoms with Crippen LogP contribution < -0.4 is 5.32 Å². The fourth-order valence-electron chi connectivity index (χ4n) is 1.46. The molecule has 2 amide bonds. The standard InChI is InChI=1S/C16H32N2O6/c1-15(2,3)23-13(19)18(14(20)24-16(4,5)6)22-12-10-17-9-8-11-21-7/h17H,8-12H2,1-7H3. The number of methoxy groups -OCH3 is 1. The van der Waals surface area contributed by atoms with Crippen LogP contribution in [0.4, 0.5) is 9.59 Å². The maximum absolute atomic E-state index is 12.1. The maximum atomic E-state index is 12.1. The van der Waals surface area contributed by atoms with Crippen LogP contribution >= 0.6 is 0 Å². The monoisotopic (exact) mass is 348 g/mol. The van der Waals surface area contributed by atoms with Crippen LogP contribution in [-0.2, 0) is 19.0 Å². The van der Waals surface area contributed by atoms with Gasteiger partial charge in [-0.3, -0.25) is 4.84 Å². The highest BCUT2D eigenvalue weighted by atomic mass is 16.8. The summed E-state index contributed by atoms with van der Waals surface area (Å²) in [5, 5.41) is 3.64. The number of amides is 2. The van der Waals surface area contributed by atoms with Crippen LogP contribution in [0.1, 0.15) is 48.0 Å². The molecule has 0 heterocycles. The first-order valence-electron chi connectivity index (χ1n) is 8.05. The Labute approximate surface area is 144 Å². The Morgan fingerprint density at radius 2 is 1.38 bits per heavy atom. The van der Waals surface area contributed by atoms with Gasteiger partial charge in [0, 0.05) is 20.3 Å². The third kappa shape index (κ3) is 12.1.